The lowest BCUT2D eigenvalue weighted by atomic mass is 10.2. The summed E-state index contributed by atoms with van der Waals surface area (Å²) < 4.78 is 2.28. The Labute approximate surface area is 117 Å². The molecule has 3 rings (SSSR count). The number of fused-ring (bicyclic) bond motifs is 1. The molecule has 100 valence electrons. The topological polar surface area (TPSA) is 56.7 Å². The van der Waals surface area contributed by atoms with E-state index in [1.54, 1.807) is 0 Å². The van der Waals surface area contributed by atoms with Crippen LogP contribution in [0.3, 0.4) is 0 Å². The standard InChI is InChI=1S/C14H18N4S/c1-10-8-11(15)5-6-12(10)19-9-14-17-16-13-4-2-3-7-18(13)14/h5-6,8H,2-4,7,9,15H2,1H3. The molecule has 2 N–H and O–H groups in total. The fourth-order valence-corrected chi connectivity index (χ4v) is 3.40. The molecule has 0 fully saturated rings. The number of hydrogen-bond donors (Lipinski definition) is 1. The maximum Gasteiger partial charge on any atom is 0.143 e. The van der Waals surface area contributed by atoms with E-state index in [9.17, 15) is 0 Å². The van der Waals surface area contributed by atoms with Gasteiger partial charge in [0, 0.05) is 23.5 Å². The number of nitrogens with two attached hydrogens (primary N) is 1. The molecule has 0 atom stereocenters. The van der Waals surface area contributed by atoms with Crippen molar-refractivity contribution in [2.45, 2.75) is 43.4 Å². The number of benzene rings is 1. The molecule has 0 aliphatic carbocycles. The summed E-state index contributed by atoms with van der Waals surface area (Å²) in [6.45, 7) is 3.16. The van der Waals surface area contributed by atoms with Crippen LogP contribution < -0.4 is 5.73 Å². The van der Waals surface area contributed by atoms with Gasteiger partial charge in [0.15, 0.2) is 0 Å². The maximum atomic E-state index is 5.77. The molecule has 0 amide bonds. The van der Waals surface area contributed by atoms with Gasteiger partial charge in [0.25, 0.3) is 0 Å². The van der Waals surface area contributed by atoms with Crippen LogP contribution in [0.5, 0.6) is 0 Å². The van der Waals surface area contributed by atoms with Crippen molar-refractivity contribution in [2.24, 2.45) is 0 Å². The van der Waals surface area contributed by atoms with E-state index in [0.717, 1.165) is 36.1 Å². The summed E-state index contributed by atoms with van der Waals surface area (Å²) >= 11 is 1.81. The second-order valence-electron chi connectivity index (χ2n) is 4.95. The Hall–Kier alpha value is -1.49. The zero-order valence-electron chi connectivity index (χ0n) is 11.1. The first-order valence-electron chi connectivity index (χ1n) is 6.64. The Morgan fingerprint density at radius 1 is 1.32 bits per heavy atom. The molecule has 0 bridgehead atoms. The summed E-state index contributed by atoms with van der Waals surface area (Å²) in [5, 5.41) is 8.61. The van der Waals surface area contributed by atoms with Gasteiger partial charge in [-0.05, 0) is 43.5 Å². The number of nitrogen functional groups attached to an aromatic ring is 1. The minimum atomic E-state index is 0.821. The second-order valence-corrected chi connectivity index (χ2v) is 5.97. The largest absolute Gasteiger partial charge is 0.399 e. The quantitative estimate of drug-likeness (QED) is 0.690. The van der Waals surface area contributed by atoms with Gasteiger partial charge in [-0.3, -0.25) is 0 Å². The van der Waals surface area contributed by atoms with E-state index < -0.39 is 0 Å². The first-order valence-corrected chi connectivity index (χ1v) is 7.62. The molecule has 2 heterocycles. The summed E-state index contributed by atoms with van der Waals surface area (Å²) in [4.78, 5) is 1.27. The monoisotopic (exact) mass is 274 g/mol. The Morgan fingerprint density at radius 2 is 2.21 bits per heavy atom. The summed E-state index contributed by atoms with van der Waals surface area (Å²) in [6.07, 6.45) is 3.55. The zero-order chi connectivity index (χ0) is 13.2. The van der Waals surface area contributed by atoms with Crippen LogP contribution >= 0.6 is 11.8 Å². The van der Waals surface area contributed by atoms with E-state index >= 15 is 0 Å². The predicted octanol–water partition coefficient (Wildman–Crippen LogP) is 2.80. The minimum Gasteiger partial charge on any atom is -0.399 e. The average Bonchev–Trinajstić information content (AvgIpc) is 2.81. The van der Waals surface area contributed by atoms with Crippen molar-refractivity contribution >= 4 is 17.4 Å². The van der Waals surface area contributed by atoms with Gasteiger partial charge < -0.3 is 10.3 Å². The fourth-order valence-electron chi connectivity index (χ4n) is 2.45. The molecule has 0 spiro atoms. The highest BCUT2D eigenvalue weighted by molar-refractivity contribution is 7.98. The van der Waals surface area contributed by atoms with E-state index in [1.165, 1.54) is 23.3 Å². The van der Waals surface area contributed by atoms with Gasteiger partial charge in [0.05, 0.1) is 5.75 Å². The third kappa shape index (κ3) is 2.61. The van der Waals surface area contributed by atoms with Crippen molar-refractivity contribution in [3.8, 4) is 0 Å². The van der Waals surface area contributed by atoms with Crippen molar-refractivity contribution in [2.75, 3.05) is 5.73 Å². The molecule has 0 saturated carbocycles. The van der Waals surface area contributed by atoms with E-state index in [4.69, 9.17) is 5.73 Å². The van der Waals surface area contributed by atoms with Crippen LogP contribution in [0, 0.1) is 6.92 Å². The lowest BCUT2D eigenvalue weighted by Gasteiger charge is -2.14. The molecule has 0 radical (unpaired) electrons. The predicted molar refractivity (Wildman–Crippen MR) is 78.1 cm³/mol. The summed E-state index contributed by atoms with van der Waals surface area (Å²) in [6, 6.07) is 6.05. The summed E-state index contributed by atoms with van der Waals surface area (Å²) in [5.74, 6) is 3.12. The molecule has 0 unspecified atom stereocenters. The molecule has 4 nitrogen and oxygen atoms in total. The normalized spacial score (nSPS) is 14.4. The number of anilines is 1. The van der Waals surface area contributed by atoms with Crippen LogP contribution in [0.25, 0.3) is 0 Å². The van der Waals surface area contributed by atoms with Gasteiger partial charge in [-0.1, -0.05) is 0 Å². The van der Waals surface area contributed by atoms with Gasteiger partial charge in [0.1, 0.15) is 11.6 Å². The zero-order valence-corrected chi connectivity index (χ0v) is 11.9. The van der Waals surface area contributed by atoms with Crippen molar-refractivity contribution in [3.63, 3.8) is 0 Å². The van der Waals surface area contributed by atoms with Crippen molar-refractivity contribution < 1.29 is 0 Å². The first-order chi connectivity index (χ1) is 9.24. The molecule has 1 aromatic heterocycles. The maximum absolute atomic E-state index is 5.77. The van der Waals surface area contributed by atoms with Gasteiger partial charge >= 0.3 is 0 Å². The molecule has 1 aliphatic rings. The van der Waals surface area contributed by atoms with Crippen molar-refractivity contribution in [1.82, 2.24) is 14.8 Å². The Kier molecular flexibility index (Phi) is 3.46. The van der Waals surface area contributed by atoms with Gasteiger partial charge in [0.2, 0.25) is 0 Å². The minimum absolute atomic E-state index is 0.821. The van der Waals surface area contributed by atoms with Gasteiger partial charge in [-0.2, -0.15) is 0 Å². The number of nitrogens with zero attached hydrogens (tertiary/aromatic N) is 3. The molecule has 19 heavy (non-hydrogen) atoms. The van der Waals surface area contributed by atoms with Crippen LogP contribution in [0.4, 0.5) is 5.69 Å². The molecule has 2 aromatic rings. The molecular formula is C14H18N4S. The van der Waals surface area contributed by atoms with Gasteiger partial charge in [-0.25, -0.2) is 0 Å². The highest BCUT2D eigenvalue weighted by atomic mass is 32.2. The third-order valence-electron chi connectivity index (χ3n) is 3.49. The smallest absolute Gasteiger partial charge is 0.143 e. The third-order valence-corrected chi connectivity index (χ3v) is 4.66. The van der Waals surface area contributed by atoms with Gasteiger partial charge in [-0.15, -0.1) is 22.0 Å². The molecule has 1 aliphatic heterocycles. The number of aryl methyl sites for hydroxylation is 2. The second kappa shape index (κ2) is 5.25. The van der Waals surface area contributed by atoms with Crippen molar-refractivity contribution in [1.29, 1.82) is 0 Å². The summed E-state index contributed by atoms with van der Waals surface area (Å²) in [7, 11) is 0. The Morgan fingerprint density at radius 3 is 3.05 bits per heavy atom. The molecular weight excluding hydrogens is 256 g/mol. The number of hydrogen-bond acceptors (Lipinski definition) is 4. The molecule has 5 heteroatoms. The van der Waals surface area contributed by atoms with E-state index in [1.807, 2.05) is 23.9 Å². The number of aromatic nitrogens is 3. The Balaban J connectivity index is 1.74. The highest BCUT2D eigenvalue weighted by Crippen LogP contribution is 2.27. The van der Waals surface area contributed by atoms with Crippen molar-refractivity contribution in [3.05, 3.63) is 35.4 Å². The fraction of sp³-hybridized carbons (Fsp3) is 0.429. The lowest BCUT2D eigenvalue weighted by Crippen LogP contribution is -2.12. The molecule has 0 saturated heterocycles. The van der Waals surface area contributed by atoms with Crippen LogP contribution in [0.2, 0.25) is 0 Å². The van der Waals surface area contributed by atoms with E-state index in [-0.39, 0.29) is 0 Å². The van der Waals surface area contributed by atoms with Crippen LogP contribution in [-0.2, 0) is 18.7 Å². The lowest BCUT2D eigenvalue weighted by molar-refractivity contribution is 0.513. The average molecular weight is 274 g/mol. The number of thioether (sulfide) groups is 1. The van der Waals surface area contributed by atoms with Crippen LogP contribution in [0.1, 0.15) is 30.1 Å². The van der Waals surface area contributed by atoms with Crippen LogP contribution in [0.15, 0.2) is 23.1 Å². The molecule has 1 aromatic carbocycles. The SMILES string of the molecule is Cc1cc(N)ccc1SCc1nnc2n1CCCC2. The van der Waals surface area contributed by atoms with Crippen LogP contribution in [-0.4, -0.2) is 14.8 Å². The highest BCUT2D eigenvalue weighted by Gasteiger charge is 2.15. The summed E-state index contributed by atoms with van der Waals surface area (Å²) in [5.41, 5.74) is 7.82. The Bertz CT molecular complexity index is 591. The number of rotatable bonds is 3. The van der Waals surface area contributed by atoms with E-state index in [0.29, 0.717) is 0 Å². The van der Waals surface area contributed by atoms with E-state index in [2.05, 4.69) is 27.8 Å². The first kappa shape index (κ1) is 12.5.